The van der Waals surface area contributed by atoms with Gasteiger partial charge in [-0.25, -0.2) is 4.79 Å². The van der Waals surface area contributed by atoms with Crippen LogP contribution in [0.15, 0.2) is 36.7 Å². The number of nitrogens with one attached hydrogen (secondary N) is 1. The normalized spacial score (nSPS) is 10.0. The van der Waals surface area contributed by atoms with Gasteiger partial charge in [-0.15, -0.1) is 0 Å². The summed E-state index contributed by atoms with van der Waals surface area (Å²) in [6, 6.07) is 5.79. The van der Waals surface area contributed by atoms with Crippen molar-refractivity contribution >= 4 is 29.2 Å². The number of methoxy groups -OCH3 is 1. The van der Waals surface area contributed by atoms with Gasteiger partial charge in [-0.05, 0) is 24.3 Å². The van der Waals surface area contributed by atoms with Gasteiger partial charge in [-0.3, -0.25) is 9.78 Å². The van der Waals surface area contributed by atoms with Gasteiger partial charge in [0, 0.05) is 12.4 Å². The van der Waals surface area contributed by atoms with Crippen molar-refractivity contribution in [2.75, 3.05) is 12.4 Å². The summed E-state index contributed by atoms with van der Waals surface area (Å²) >= 11 is 5.90. The maximum atomic E-state index is 12.1. The quantitative estimate of drug-likeness (QED) is 0.906. The van der Waals surface area contributed by atoms with E-state index in [1.807, 2.05) is 0 Å². The van der Waals surface area contributed by atoms with Crippen molar-refractivity contribution in [2.24, 2.45) is 0 Å². The minimum absolute atomic E-state index is 0.0808. The number of amides is 1. The van der Waals surface area contributed by atoms with E-state index in [0.29, 0.717) is 5.75 Å². The average molecular weight is 307 g/mol. The number of ether oxygens (including phenoxy) is 1. The van der Waals surface area contributed by atoms with E-state index in [1.165, 1.54) is 37.7 Å². The van der Waals surface area contributed by atoms with Crippen LogP contribution < -0.4 is 10.1 Å². The molecule has 0 atom stereocenters. The Labute approximate surface area is 125 Å². The molecule has 1 aromatic carbocycles. The Kier molecular flexibility index (Phi) is 4.39. The van der Waals surface area contributed by atoms with Crippen molar-refractivity contribution < 1.29 is 19.4 Å². The van der Waals surface area contributed by atoms with Gasteiger partial charge >= 0.3 is 5.97 Å². The lowest BCUT2D eigenvalue weighted by atomic mass is 10.1. The van der Waals surface area contributed by atoms with Crippen LogP contribution in [-0.4, -0.2) is 29.1 Å². The molecule has 0 saturated carbocycles. The zero-order chi connectivity index (χ0) is 15.4. The second-order valence-electron chi connectivity index (χ2n) is 4.03. The fourth-order valence-corrected chi connectivity index (χ4v) is 1.86. The summed E-state index contributed by atoms with van der Waals surface area (Å²) in [5.74, 6) is -1.34. The Morgan fingerprint density at radius 2 is 2.05 bits per heavy atom. The maximum Gasteiger partial charge on any atom is 0.337 e. The van der Waals surface area contributed by atoms with E-state index in [-0.39, 0.29) is 21.8 Å². The number of rotatable bonds is 4. The first kappa shape index (κ1) is 14.8. The summed E-state index contributed by atoms with van der Waals surface area (Å²) in [5, 5.41) is 11.9. The van der Waals surface area contributed by atoms with Gasteiger partial charge in [0.05, 0.1) is 28.9 Å². The highest BCUT2D eigenvalue weighted by Crippen LogP contribution is 2.23. The van der Waals surface area contributed by atoms with Crippen molar-refractivity contribution in [3.05, 3.63) is 52.8 Å². The summed E-state index contributed by atoms with van der Waals surface area (Å²) in [7, 11) is 1.43. The summed E-state index contributed by atoms with van der Waals surface area (Å²) in [6.45, 7) is 0. The molecule has 1 amide bonds. The number of pyridine rings is 1. The molecule has 2 N–H and O–H groups in total. The number of aromatic nitrogens is 1. The van der Waals surface area contributed by atoms with Crippen LogP contribution in [0, 0.1) is 0 Å². The molecule has 0 aliphatic rings. The first-order chi connectivity index (χ1) is 10.0. The van der Waals surface area contributed by atoms with Gasteiger partial charge < -0.3 is 15.2 Å². The van der Waals surface area contributed by atoms with Crippen molar-refractivity contribution in [1.29, 1.82) is 0 Å². The maximum absolute atomic E-state index is 12.1. The lowest BCUT2D eigenvalue weighted by Crippen LogP contribution is -2.15. The van der Waals surface area contributed by atoms with E-state index in [2.05, 4.69) is 10.3 Å². The molecule has 1 heterocycles. The molecule has 0 bridgehead atoms. The number of anilines is 1. The third-order valence-electron chi connectivity index (χ3n) is 2.72. The minimum Gasteiger partial charge on any atom is -0.497 e. The Hall–Kier alpha value is -2.60. The molecule has 0 spiro atoms. The lowest BCUT2D eigenvalue weighted by Gasteiger charge is -2.10. The van der Waals surface area contributed by atoms with Crippen LogP contribution >= 0.6 is 11.6 Å². The molecule has 2 rings (SSSR count). The molecule has 7 heteroatoms. The summed E-state index contributed by atoms with van der Waals surface area (Å²) in [6.07, 6.45) is 2.76. The van der Waals surface area contributed by atoms with Crippen molar-refractivity contribution in [3.8, 4) is 5.75 Å². The molecule has 0 aliphatic carbocycles. The molecule has 1 aromatic heterocycles. The molecule has 21 heavy (non-hydrogen) atoms. The highest BCUT2D eigenvalue weighted by molar-refractivity contribution is 6.34. The van der Waals surface area contributed by atoms with Crippen LogP contribution in [0.3, 0.4) is 0 Å². The molecule has 108 valence electrons. The lowest BCUT2D eigenvalue weighted by molar-refractivity contribution is 0.0697. The predicted octanol–water partition coefficient (Wildman–Crippen LogP) is 2.69. The molecule has 0 saturated heterocycles. The van der Waals surface area contributed by atoms with E-state index in [9.17, 15) is 14.7 Å². The largest absolute Gasteiger partial charge is 0.497 e. The topological polar surface area (TPSA) is 88.5 Å². The van der Waals surface area contributed by atoms with Gasteiger partial charge in [-0.1, -0.05) is 11.6 Å². The van der Waals surface area contributed by atoms with Crippen LogP contribution in [0.5, 0.6) is 5.75 Å². The number of hydrogen-bond donors (Lipinski definition) is 2. The summed E-state index contributed by atoms with van der Waals surface area (Å²) in [4.78, 5) is 27.1. The average Bonchev–Trinajstić information content (AvgIpc) is 2.47. The van der Waals surface area contributed by atoms with E-state index in [1.54, 1.807) is 6.07 Å². The highest BCUT2D eigenvalue weighted by atomic mass is 35.5. The van der Waals surface area contributed by atoms with Gasteiger partial charge in [0.25, 0.3) is 5.91 Å². The number of carboxylic acids is 1. The molecular weight excluding hydrogens is 296 g/mol. The summed E-state index contributed by atoms with van der Waals surface area (Å²) in [5.41, 5.74) is 0.224. The molecule has 0 aliphatic heterocycles. The number of aromatic carboxylic acids is 1. The highest BCUT2D eigenvalue weighted by Gasteiger charge is 2.16. The van der Waals surface area contributed by atoms with E-state index in [4.69, 9.17) is 16.3 Å². The van der Waals surface area contributed by atoms with Gasteiger partial charge in [0.2, 0.25) is 0 Å². The predicted molar refractivity (Wildman–Crippen MR) is 77.2 cm³/mol. The Morgan fingerprint density at radius 1 is 1.29 bits per heavy atom. The first-order valence-electron chi connectivity index (χ1n) is 5.85. The number of halogens is 1. The van der Waals surface area contributed by atoms with Gasteiger partial charge in [0.1, 0.15) is 5.75 Å². The zero-order valence-electron chi connectivity index (χ0n) is 11.0. The molecule has 2 aromatic rings. The number of hydrogen-bond acceptors (Lipinski definition) is 4. The smallest absolute Gasteiger partial charge is 0.337 e. The Balaban J connectivity index is 2.33. The molecule has 0 unspecified atom stereocenters. The Bertz CT molecular complexity index is 703. The number of carboxylic acid groups (broad SMARTS) is 1. The SMILES string of the molecule is COc1ccc(NC(=O)c2cnccc2Cl)c(C(=O)O)c1. The van der Waals surface area contributed by atoms with Gasteiger partial charge in [-0.2, -0.15) is 0 Å². The number of carbonyl (C=O) groups excluding carboxylic acids is 1. The van der Waals surface area contributed by atoms with Crippen molar-refractivity contribution in [1.82, 2.24) is 4.98 Å². The molecular formula is C14H11ClN2O4. The second-order valence-corrected chi connectivity index (χ2v) is 4.43. The van der Waals surface area contributed by atoms with Crippen LogP contribution in [0.2, 0.25) is 5.02 Å². The second kappa shape index (κ2) is 6.23. The van der Waals surface area contributed by atoms with Crippen molar-refractivity contribution in [3.63, 3.8) is 0 Å². The standard InChI is InChI=1S/C14H11ClN2O4/c1-21-8-2-3-12(9(6-8)14(19)20)17-13(18)10-7-16-5-4-11(10)15/h2-7H,1H3,(H,17,18)(H,19,20). The van der Waals surface area contributed by atoms with E-state index < -0.39 is 11.9 Å². The van der Waals surface area contributed by atoms with E-state index in [0.717, 1.165) is 0 Å². The molecule has 0 fully saturated rings. The number of carbonyl (C=O) groups is 2. The first-order valence-corrected chi connectivity index (χ1v) is 6.23. The monoisotopic (exact) mass is 306 g/mol. The molecule has 6 nitrogen and oxygen atoms in total. The third kappa shape index (κ3) is 3.29. The van der Waals surface area contributed by atoms with Crippen LogP contribution in [0.1, 0.15) is 20.7 Å². The molecule has 0 radical (unpaired) electrons. The van der Waals surface area contributed by atoms with Gasteiger partial charge in [0.15, 0.2) is 0 Å². The fraction of sp³-hybridized carbons (Fsp3) is 0.0714. The number of nitrogens with zero attached hydrogens (tertiary/aromatic N) is 1. The third-order valence-corrected chi connectivity index (χ3v) is 3.05. The summed E-state index contributed by atoms with van der Waals surface area (Å²) < 4.78 is 4.96. The van der Waals surface area contributed by atoms with Crippen LogP contribution in [0.4, 0.5) is 5.69 Å². The fourth-order valence-electron chi connectivity index (χ4n) is 1.67. The zero-order valence-corrected chi connectivity index (χ0v) is 11.7. The van der Waals surface area contributed by atoms with E-state index >= 15 is 0 Å². The van der Waals surface area contributed by atoms with Crippen LogP contribution in [-0.2, 0) is 0 Å². The minimum atomic E-state index is -1.18. The van der Waals surface area contributed by atoms with Crippen LogP contribution in [0.25, 0.3) is 0 Å². The number of benzene rings is 1. The van der Waals surface area contributed by atoms with Crippen molar-refractivity contribution in [2.45, 2.75) is 0 Å². The Morgan fingerprint density at radius 3 is 2.67 bits per heavy atom.